The lowest BCUT2D eigenvalue weighted by Crippen LogP contribution is -2.40. The van der Waals surface area contributed by atoms with Crippen LogP contribution in [0, 0.1) is 0 Å². The number of benzene rings is 1. The summed E-state index contributed by atoms with van der Waals surface area (Å²) in [5.74, 6) is 0.0229. The lowest BCUT2D eigenvalue weighted by Gasteiger charge is -2.32. The molecule has 1 amide bonds. The van der Waals surface area contributed by atoms with Crippen LogP contribution in [-0.4, -0.2) is 54.3 Å². The Morgan fingerprint density at radius 2 is 2.18 bits per heavy atom. The first-order chi connectivity index (χ1) is 10.8. The van der Waals surface area contributed by atoms with E-state index in [0.29, 0.717) is 17.6 Å². The molecule has 8 heteroatoms. The molecule has 1 aliphatic rings. The fourth-order valence-corrected chi connectivity index (χ4v) is 2.92. The van der Waals surface area contributed by atoms with Crippen LogP contribution >= 0.6 is 0 Å². The molecule has 3 heterocycles. The molecule has 1 fully saturated rings. The number of hydrogen-bond donors (Lipinski definition) is 1. The molecular weight excluding hydrogens is 282 g/mol. The normalized spacial score (nSPS) is 18.7. The summed E-state index contributed by atoms with van der Waals surface area (Å²) in [6.07, 6.45) is 5.48. The number of likely N-dealkylation sites (tertiary alicyclic amines) is 1. The molecule has 22 heavy (non-hydrogen) atoms. The maximum absolute atomic E-state index is 12.7. The Balaban J connectivity index is 1.56. The Bertz CT molecular complexity index is 794. The van der Waals surface area contributed by atoms with Crippen LogP contribution in [-0.2, 0) is 0 Å². The minimum Gasteiger partial charge on any atom is -0.336 e. The van der Waals surface area contributed by atoms with Gasteiger partial charge in [0, 0.05) is 24.8 Å². The predicted molar refractivity (Wildman–Crippen MR) is 78.1 cm³/mol. The van der Waals surface area contributed by atoms with E-state index in [1.54, 1.807) is 18.3 Å². The zero-order valence-electron chi connectivity index (χ0n) is 11.9. The van der Waals surface area contributed by atoms with E-state index in [0.717, 1.165) is 24.9 Å². The lowest BCUT2D eigenvalue weighted by molar-refractivity contribution is 0.0672. The van der Waals surface area contributed by atoms with Crippen molar-refractivity contribution in [2.45, 2.75) is 18.9 Å². The van der Waals surface area contributed by atoms with Crippen molar-refractivity contribution in [3.63, 3.8) is 0 Å². The van der Waals surface area contributed by atoms with Gasteiger partial charge in [0.1, 0.15) is 11.0 Å². The van der Waals surface area contributed by atoms with Gasteiger partial charge in [0.2, 0.25) is 0 Å². The van der Waals surface area contributed by atoms with Crippen LogP contribution in [0.25, 0.3) is 11.0 Å². The lowest BCUT2D eigenvalue weighted by atomic mass is 10.0. The molecular formula is C14H15N7O. The van der Waals surface area contributed by atoms with E-state index in [9.17, 15) is 4.79 Å². The van der Waals surface area contributed by atoms with Gasteiger partial charge < -0.3 is 4.90 Å². The third-order valence-electron chi connectivity index (χ3n) is 4.06. The summed E-state index contributed by atoms with van der Waals surface area (Å²) in [4.78, 5) is 14.6. The van der Waals surface area contributed by atoms with Gasteiger partial charge in [0.25, 0.3) is 5.91 Å². The maximum atomic E-state index is 12.7. The zero-order valence-corrected chi connectivity index (χ0v) is 11.9. The molecule has 4 rings (SSSR count). The second-order valence-electron chi connectivity index (χ2n) is 5.46. The zero-order chi connectivity index (χ0) is 14.9. The average Bonchev–Trinajstić information content (AvgIpc) is 3.25. The van der Waals surface area contributed by atoms with Crippen molar-refractivity contribution in [2.24, 2.45) is 0 Å². The molecule has 1 atom stereocenters. The van der Waals surface area contributed by atoms with Crippen LogP contribution in [0.2, 0.25) is 0 Å². The molecule has 112 valence electrons. The van der Waals surface area contributed by atoms with Crippen molar-refractivity contribution in [1.29, 1.82) is 0 Å². The molecule has 1 unspecified atom stereocenters. The quantitative estimate of drug-likeness (QED) is 0.762. The topological polar surface area (TPSA) is 92.6 Å². The highest BCUT2D eigenvalue weighted by Gasteiger charge is 2.26. The molecule has 1 saturated heterocycles. The van der Waals surface area contributed by atoms with E-state index < -0.39 is 0 Å². The molecule has 0 spiro atoms. The highest BCUT2D eigenvalue weighted by Crippen LogP contribution is 2.22. The van der Waals surface area contributed by atoms with Crippen LogP contribution in [0.1, 0.15) is 29.2 Å². The van der Waals surface area contributed by atoms with Crippen molar-refractivity contribution in [1.82, 2.24) is 35.3 Å². The maximum Gasteiger partial charge on any atom is 0.254 e. The monoisotopic (exact) mass is 297 g/mol. The number of piperidine rings is 1. The number of fused-ring (bicyclic) bond motifs is 1. The summed E-state index contributed by atoms with van der Waals surface area (Å²) in [6, 6.07) is 5.58. The Morgan fingerprint density at radius 3 is 3.05 bits per heavy atom. The number of aromatic amines is 1. The third kappa shape index (κ3) is 2.22. The Hall–Kier alpha value is -2.77. The fraction of sp³-hybridized carbons (Fsp3) is 0.357. The number of aromatic nitrogens is 6. The first-order valence-electron chi connectivity index (χ1n) is 7.27. The minimum atomic E-state index is 0.0229. The van der Waals surface area contributed by atoms with Crippen LogP contribution in [0.5, 0.6) is 0 Å². The van der Waals surface area contributed by atoms with E-state index in [1.807, 2.05) is 21.8 Å². The van der Waals surface area contributed by atoms with Crippen molar-refractivity contribution >= 4 is 16.9 Å². The van der Waals surface area contributed by atoms with Gasteiger partial charge >= 0.3 is 0 Å². The number of nitrogens with zero attached hydrogens (tertiary/aromatic N) is 6. The molecule has 0 saturated carbocycles. The van der Waals surface area contributed by atoms with Crippen LogP contribution in [0.3, 0.4) is 0 Å². The fourth-order valence-electron chi connectivity index (χ4n) is 2.92. The summed E-state index contributed by atoms with van der Waals surface area (Å²) >= 11 is 0. The second kappa shape index (κ2) is 5.21. The molecule has 8 nitrogen and oxygen atoms in total. The number of hydrogen-bond acceptors (Lipinski definition) is 5. The Morgan fingerprint density at radius 1 is 1.27 bits per heavy atom. The van der Waals surface area contributed by atoms with Gasteiger partial charge in [-0.25, -0.2) is 4.68 Å². The van der Waals surface area contributed by atoms with Gasteiger partial charge in [-0.15, -0.1) is 5.10 Å². The molecule has 2 aromatic heterocycles. The summed E-state index contributed by atoms with van der Waals surface area (Å²) in [6.45, 7) is 1.42. The molecule has 0 bridgehead atoms. The van der Waals surface area contributed by atoms with Crippen LogP contribution in [0.4, 0.5) is 0 Å². The SMILES string of the molecule is O=C(c1ccc2n[nH]nc2c1)N1CCCC(n2ccnn2)C1. The van der Waals surface area contributed by atoms with E-state index in [1.165, 1.54) is 0 Å². The number of amides is 1. The number of rotatable bonds is 2. The van der Waals surface area contributed by atoms with E-state index in [4.69, 9.17) is 0 Å². The highest BCUT2D eigenvalue weighted by atomic mass is 16.2. The Labute approximate surface area is 126 Å². The van der Waals surface area contributed by atoms with E-state index in [-0.39, 0.29) is 11.9 Å². The van der Waals surface area contributed by atoms with Gasteiger partial charge in [-0.1, -0.05) is 5.21 Å². The third-order valence-corrected chi connectivity index (χ3v) is 4.06. The number of H-pyrrole nitrogens is 1. The van der Waals surface area contributed by atoms with E-state index >= 15 is 0 Å². The first-order valence-corrected chi connectivity index (χ1v) is 7.27. The number of carbonyl (C=O) groups is 1. The standard InChI is InChI=1S/C14H15N7O/c22-14(10-3-4-12-13(8-10)17-18-16-12)20-6-1-2-11(9-20)21-7-5-15-19-21/h3-5,7-8,11H,1-2,6,9H2,(H,16,17,18). The van der Waals surface area contributed by atoms with Crippen molar-refractivity contribution < 1.29 is 4.79 Å². The molecule has 0 radical (unpaired) electrons. The number of nitrogens with one attached hydrogen (secondary N) is 1. The number of carbonyl (C=O) groups excluding carboxylic acids is 1. The van der Waals surface area contributed by atoms with Crippen molar-refractivity contribution in [3.8, 4) is 0 Å². The summed E-state index contributed by atoms with van der Waals surface area (Å²) in [5.41, 5.74) is 2.10. The molecule has 3 aromatic rings. The van der Waals surface area contributed by atoms with Crippen molar-refractivity contribution in [2.75, 3.05) is 13.1 Å². The minimum absolute atomic E-state index is 0.0229. The van der Waals surface area contributed by atoms with Gasteiger partial charge in [-0.2, -0.15) is 15.4 Å². The molecule has 1 N–H and O–H groups in total. The van der Waals surface area contributed by atoms with Gasteiger partial charge in [-0.05, 0) is 31.0 Å². The first kappa shape index (κ1) is 12.9. The Kier molecular flexibility index (Phi) is 3.06. The van der Waals surface area contributed by atoms with Gasteiger partial charge in [0.05, 0.1) is 12.2 Å². The smallest absolute Gasteiger partial charge is 0.254 e. The van der Waals surface area contributed by atoms with Crippen LogP contribution < -0.4 is 0 Å². The predicted octanol–water partition coefficient (Wildman–Crippen LogP) is 1.03. The van der Waals surface area contributed by atoms with E-state index in [2.05, 4.69) is 25.7 Å². The average molecular weight is 297 g/mol. The largest absolute Gasteiger partial charge is 0.336 e. The molecule has 1 aliphatic heterocycles. The van der Waals surface area contributed by atoms with Gasteiger partial charge in [0.15, 0.2) is 0 Å². The molecule has 1 aromatic carbocycles. The highest BCUT2D eigenvalue weighted by molar-refractivity contribution is 5.97. The summed E-state index contributed by atoms with van der Waals surface area (Å²) < 4.78 is 1.83. The van der Waals surface area contributed by atoms with Crippen molar-refractivity contribution in [3.05, 3.63) is 36.2 Å². The van der Waals surface area contributed by atoms with Crippen LogP contribution in [0.15, 0.2) is 30.6 Å². The summed E-state index contributed by atoms with van der Waals surface area (Å²) in [7, 11) is 0. The second-order valence-corrected chi connectivity index (χ2v) is 5.46. The summed E-state index contributed by atoms with van der Waals surface area (Å²) in [5, 5.41) is 18.5. The molecule has 0 aliphatic carbocycles. The van der Waals surface area contributed by atoms with Gasteiger partial charge in [-0.3, -0.25) is 4.79 Å².